The molecule has 7 heteroatoms. The van der Waals surface area contributed by atoms with E-state index in [0.717, 1.165) is 37.0 Å². The molecule has 0 aliphatic heterocycles. The molecule has 0 atom stereocenters. The van der Waals surface area contributed by atoms with E-state index in [9.17, 15) is 22.0 Å². The lowest BCUT2D eigenvalue weighted by molar-refractivity contribution is -0.274. The summed E-state index contributed by atoms with van der Waals surface area (Å²) in [5, 5.41) is 0. The van der Waals surface area contributed by atoms with Gasteiger partial charge in [0.15, 0.2) is 0 Å². The average molecular weight is 430 g/mol. The zero-order valence-electron chi connectivity index (χ0n) is 17.0. The Labute approximate surface area is 174 Å². The number of benzene rings is 2. The van der Waals surface area contributed by atoms with Gasteiger partial charge in [0.2, 0.25) is 0 Å². The maximum Gasteiger partial charge on any atom is 0.573 e. The van der Waals surface area contributed by atoms with E-state index in [1.165, 1.54) is 43.5 Å². The van der Waals surface area contributed by atoms with Crippen LogP contribution in [-0.4, -0.2) is 13.0 Å². The standard InChI is InChI=1S/C23H27F5O2/c1-2-3-4-5-6-7-18-8-12-20(13-9-18)22(24,25)29-17-16-19-10-14-21(15-11-19)30-23(26,27)28/h8-15H,2-7,16-17H2,1H3. The van der Waals surface area contributed by atoms with Crippen molar-refractivity contribution in [2.75, 3.05) is 6.61 Å². The monoisotopic (exact) mass is 430 g/mol. The molecule has 0 radical (unpaired) electrons. The molecule has 2 rings (SSSR count). The summed E-state index contributed by atoms with van der Waals surface area (Å²) in [7, 11) is 0. The maximum atomic E-state index is 14.3. The van der Waals surface area contributed by atoms with E-state index in [1.807, 2.05) is 0 Å². The normalized spacial score (nSPS) is 12.2. The van der Waals surface area contributed by atoms with Crippen molar-refractivity contribution in [3.63, 3.8) is 0 Å². The van der Waals surface area contributed by atoms with Gasteiger partial charge in [0, 0.05) is 0 Å². The molecule has 0 heterocycles. The van der Waals surface area contributed by atoms with Crippen molar-refractivity contribution >= 4 is 0 Å². The molecule has 2 aromatic carbocycles. The molecular formula is C23H27F5O2. The third kappa shape index (κ3) is 8.69. The van der Waals surface area contributed by atoms with Gasteiger partial charge in [-0.2, -0.15) is 8.78 Å². The van der Waals surface area contributed by atoms with Crippen LogP contribution in [-0.2, 0) is 23.7 Å². The van der Waals surface area contributed by atoms with E-state index < -0.39 is 12.5 Å². The number of halogens is 5. The Morgan fingerprint density at radius 1 is 0.700 bits per heavy atom. The predicted octanol–water partition coefficient (Wildman–Crippen LogP) is 7.41. The average Bonchev–Trinajstić information content (AvgIpc) is 2.68. The maximum absolute atomic E-state index is 14.3. The minimum atomic E-state index is -4.77. The minimum Gasteiger partial charge on any atom is -0.406 e. The minimum absolute atomic E-state index is 0.137. The molecule has 0 aliphatic rings. The first kappa shape index (κ1) is 24.1. The van der Waals surface area contributed by atoms with Crippen molar-refractivity contribution < 1.29 is 31.4 Å². The second-order valence-corrected chi connectivity index (χ2v) is 7.17. The smallest absolute Gasteiger partial charge is 0.406 e. The Kier molecular flexibility index (Phi) is 9.08. The topological polar surface area (TPSA) is 18.5 Å². The van der Waals surface area contributed by atoms with Crippen molar-refractivity contribution in [3.8, 4) is 5.75 Å². The summed E-state index contributed by atoms with van der Waals surface area (Å²) in [6.07, 6.45) is -1.43. The molecule has 0 fully saturated rings. The van der Waals surface area contributed by atoms with Gasteiger partial charge >= 0.3 is 12.5 Å². The van der Waals surface area contributed by atoms with Crippen LogP contribution in [0.5, 0.6) is 5.75 Å². The van der Waals surface area contributed by atoms with Crippen molar-refractivity contribution in [3.05, 3.63) is 65.2 Å². The van der Waals surface area contributed by atoms with E-state index in [2.05, 4.69) is 11.7 Å². The third-order valence-corrected chi connectivity index (χ3v) is 4.69. The van der Waals surface area contributed by atoms with E-state index in [0.29, 0.717) is 5.56 Å². The summed E-state index contributed by atoms with van der Waals surface area (Å²) in [5.74, 6) is -0.358. The Balaban J connectivity index is 1.79. The van der Waals surface area contributed by atoms with Crippen LogP contribution < -0.4 is 4.74 Å². The number of unbranched alkanes of at least 4 members (excludes halogenated alkanes) is 4. The van der Waals surface area contributed by atoms with Crippen LogP contribution in [0, 0.1) is 0 Å². The largest absolute Gasteiger partial charge is 0.573 e. The predicted molar refractivity (Wildman–Crippen MR) is 106 cm³/mol. The number of ether oxygens (including phenoxy) is 2. The molecule has 30 heavy (non-hydrogen) atoms. The molecule has 0 amide bonds. The summed E-state index contributed by atoms with van der Waals surface area (Å²) in [6, 6.07) is 11.2. The second kappa shape index (κ2) is 11.3. The molecule has 2 aromatic rings. The van der Waals surface area contributed by atoms with Crippen molar-refractivity contribution in [2.24, 2.45) is 0 Å². The highest BCUT2D eigenvalue weighted by atomic mass is 19.4. The number of rotatable bonds is 12. The zero-order valence-corrected chi connectivity index (χ0v) is 17.0. The van der Waals surface area contributed by atoms with Crippen LogP contribution in [0.15, 0.2) is 48.5 Å². The molecule has 0 spiro atoms. The number of hydrogen-bond acceptors (Lipinski definition) is 2. The Morgan fingerprint density at radius 3 is 1.87 bits per heavy atom. The zero-order chi connectivity index (χ0) is 22.0. The van der Waals surface area contributed by atoms with Crippen molar-refractivity contribution in [1.82, 2.24) is 0 Å². The molecular weight excluding hydrogens is 403 g/mol. The summed E-state index contributed by atoms with van der Waals surface area (Å²) in [4.78, 5) is 0. The first-order valence-corrected chi connectivity index (χ1v) is 10.2. The fourth-order valence-corrected chi connectivity index (χ4v) is 3.04. The fourth-order valence-electron chi connectivity index (χ4n) is 3.04. The lowest BCUT2D eigenvalue weighted by atomic mass is 10.0. The molecule has 2 nitrogen and oxygen atoms in total. The highest BCUT2D eigenvalue weighted by Crippen LogP contribution is 2.30. The van der Waals surface area contributed by atoms with Gasteiger partial charge in [-0.1, -0.05) is 69.0 Å². The lowest BCUT2D eigenvalue weighted by Crippen LogP contribution is -2.20. The van der Waals surface area contributed by atoms with Crippen molar-refractivity contribution in [1.29, 1.82) is 0 Å². The van der Waals surface area contributed by atoms with Crippen LogP contribution in [0.4, 0.5) is 22.0 Å². The van der Waals surface area contributed by atoms with Gasteiger partial charge in [0.25, 0.3) is 0 Å². The first-order valence-electron chi connectivity index (χ1n) is 10.2. The summed E-state index contributed by atoms with van der Waals surface area (Å²) in [6.45, 7) is 1.88. The quantitative estimate of drug-likeness (QED) is 0.258. The van der Waals surface area contributed by atoms with Crippen LogP contribution >= 0.6 is 0 Å². The van der Waals surface area contributed by atoms with Gasteiger partial charge < -0.3 is 9.47 Å². The van der Waals surface area contributed by atoms with Gasteiger partial charge in [0.05, 0.1) is 12.2 Å². The summed E-state index contributed by atoms with van der Waals surface area (Å²) >= 11 is 0. The highest BCUT2D eigenvalue weighted by Gasteiger charge is 2.33. The van der Waals surface area contributed by atoms with Gasteiger partial charge in [0.1, 0.15) is 5.75 Å². The molecule has 0 unspecified atom stereocenters. The third-order valence-electron chi connectivity index (χ3n) is 4.69. The molecule has 0 saturated carbocycles. The SMILES string of the molecule is CCCCCCCc1ccc(C(F)(F)OCCc2ccc(OC(F)(F)F)cc2)cc1. The first-order chi connectivity index (χ1) is 14.2. The Bertz CT molecular complexity index is 740. The van der Waals surface area contributed by atoms with Gasteiger partial charge in [-0.3, -0.25) is 0 Å². The highest BCUT2D eigenvalue weighted by molar-refractivity contribution is 5.28. The van der Waals surface area contributed by atoms with Gasteiger partial charge in [-0.05, 0) is 42.5 Å². The van der Waals surface area contributed by atoms with E-state index in [4.69, 9.17) is 4.74 Å². The number of aryl methyl sites for hydroxylation is 1. The Hall–Kier alpha value is -2.15. The number of hydrogen-bond donors (Lipinski definition) is 0. The molecule has 0 bridgehead atoms. The van der Waals surface area contributed by atoms with E-state index in [-0.39, 0.29) is 24.3 Å². The van der Waals surface area contributed by atoms with Crippen LogP contribution in [0.1, 0.15) is 55.7 Å². The lowest BCUT2D eigenvalue weighted by Gasteiger charge is -2.17. The van der Waals surface area contributed by atoms with Crippen molar-refractivity contribution in [2.45, 2.75) is 64.3 Å². The van der Waals surface area contributed by atoms with E-state index >= 15 is 0 Å². The molecule has 166 valence electrons. The van der Waals surface area contributed by atoms with Crippen LogP contribution in [0.25, 0.3) is 0 Å². The van der Waals surface area contributed by atoms with Crippen LogP contribution in [0.2, 0.25) is 0 Å². The second-order valence-electron chi connectivity index (χ2n) is 7.17. The fraction of sp³-hybridized carbons (Fsp3) is 0.478. The van der Waals surface area contributed by atoms with Gasteiger partial charge in [-0.15, -0.1) is 13.2 Å². The summed E-state index contributed by atoms with van der Waals surface area (Å²) < 4.78 is 73.5. The molecule has 0 N–H and O–H groups in total. The van der Waals surface area contributed by atoms with Crippen LogP contribution in [0.3, 0.4) is 0 Å². The molecule has 0 aliphatic carbocycles. The summed E-state index contributed by atoms with van der Waals surface area (Å²) in [5.41, 5.74) is 1.37. The number of alkyl halides is 5. The Morgan fingerprint density at radius 2 is 1.27 bits per heavy atom. The van der Waals surface area contributed by atoms with E-state index in [1.54, 1.807) is 12.1 Å². The molecule has 0 aromatic heterocycles. The van der Waals surface area contributed by atoms with Gasteiger partial charge in [-0.25, -0.2) is 0 Å². The molecule has 0 saturated heterocycles.